The van der Waals surface area contributed by atoms with Crippen molar-refractivity contribution in [2.75, 3.05) is 17.3 Å². The van der Waals surface area contributed by atoms with Crippen molar-refractivity contribution < 1.29 is 13.2 Å². The van der Waals surface area contributed by atoms with Crippen LogP contribution in [0.15, 0.2) is 36.4 Å². The fraction of sp³-hybridized carbons (Fsp3) is 0.176. The highest BCUT2D eigenvalue weighted by Crippen LogP contribution is 2.31. The van der Waals surface area contributed by atoms with E-state index in [4.69, 9.17) is 28.9 Å². The Hall–Kier alpha value is -2.29. The van der Waals surface area contributed by atoms with Crippen molar-refractivity contribution >= 4 is 61.4 Å². The van der Waals surface area contributed by atoms with Crippen LogP contribution in [0, 0.1) is 0 Å². The molecule has 1 aromatic heterocycles. The van der Waals surface area contributed by atoms with Crippen molar-refractivity contribution in [2.45, 2.75) is 12.3 Å². The first-order chi connectivity index (χ1) is 12.6. The average Bonchev–Trinajstić information content (AvgIpc) is 2.88. The number of benzene rings is 2. The van der Waals surface area contributed by atoms with E-state index in [0.29, 0.717) is 22.5 Å². The van der Waals surface area contributed by atoms with Gasteiger partial charge >= 0.3 is 0 Å². The molecule has 0 fully saturated rings. The van der Waals surface area contributed by atoms with E-state index in [1.54, 1.807) is 28.8 Å². The Balaban J connectivity index is 1.91. The summed E-state index contributed by atoms with van der Waals surface area (Å²) in [5.74, 6) is -0.360. The van der Waals surface area contributed by atoms with E-state index in [1.165, 1.54) is 12.1 Å². The minimum absolute atomic E-state index is 0.120. The normalized spacial score (nSPS) is 11.7. The number of halogens is 2. The van der Waals surface area contributed by atoms with E-state index in [0.717, 1.165) is 6.26 Å². The summed E-state index contributed by atoms with van der Waals surface area (Å²) in [7, 11) is -3.32. The number of nitrogens with one attached hydrogen (secondary N) is 1. The minimum atomic E-state index is -3.32. The zero-order valence-electron chi connectivity index (χ0n) is 14.2. The molecule has 0 bridgehead atoms. The third kappa shape index (κ3) is 4.52. The molecule has 2 aromatic carbocycles. The van der Waals surface area contributed by atoms with Gasteiger partial charge in [0.25, 0.3) is 0 Å². The van der Waals surface area contributed by atoms with Gasteiger partial charge in [0.1, 0.15) is 18.1 Å². The first kappa shape index (κ1) is 19.5. The Morgan fingerprint density at radius 3 is 2.48 bits per heavy atom. The lowest BCUT2D eigenvalue weighted by atomic mass is 10.2. The highest BCUT2D eigenvalue weighted by Gasteiger charge is 2.17. The highest BCUT2D eigenvalue weighted by molar-refractivity contribution is 7.89. The van der Waals surface area contributed by atoms with Crippen molar-refractivity contribution in [3.63, 3.8) is 0 Å². The minimum Gasteiger partial charge on any atom is -0.396 e. The average molecular weight is 427 g/mol. The maximum atomic E-state index is 12.5. The molecular weight excluding hydrogens is 411 g/mol. The number of imidazole rings is 1. The largest absolute Gasteiger partial charge is 0.396 e. The molecule has 0 atom stereocenters. The van der Waals surface area contributed by atoms with Gasteiger partial charge in [0.05, 0.1) is 26.8 Å². The number of aromatic nitrogens is 2. The number of hydrogen-bond donors (Lipinski definition) is 2. The van der Waals surface area contributed by atoms with Crippen LogP contribution in [-0.4, -0.2) is 30.1 Å². The molecule has 0 spiro atoms. The summed E-state index contributed by atoms with van der Waals surface area (Å²) in [5, 5.41) is 3.13. The van der Waals surface area contributed by atoms with Crippen molar-refractivity contribution in [3.05, 3.63) is 52.3 Å². The van der Waals surface area contributed by atoms with Crippen LogP contribution in [0.5, 0.6) is 0 Å². The summed E-state index contributed by atoms with van der Waals surface area (Å²) in [6, 6.07) is 10.1. The molecule has 3 N–H and O–H groups in total. The molecule has 0 saturated carbocycles. The van der Waals surface area contributed by atoms with Gasteiger partial charge in [0.15, 0.2) is 9.84 Å². The molecule has 0 radical (unpaired) electrons. The monoisotopic (exact) mass is 426 g/mol. The van der Waals surface area contributed by atoms with Crippen molar-refractivity contribution in [1.29, 1.82) is 0 Å². The van der Waals surface area contributed by atoms with Gasteiger partial charge in [0, 0.05) is 11.9 Å². The van der Waals surface area contributed by atoms with Gasteiger partial charge in [-0.1, -0.05) is 35.3 Å². The standard InChI is InChI=1S/C17H16Cl2N4O3S/c1-27(25,26)9-15-22-13-4-2-3-5-14(13)23(15)8-16(24)21-10-6-11(18)17(20)12(19)7-10/h2-7H,8-9,20H2,1H3,(H,21,24). The summed E-state index contributed by atoms with van der Waals surface area (Å²) in [5.41, 5.74) is 7.58. The van der Waals surface area contributed by atoms with E-state index < -0.39 is 9.84 Å². The van der Waals surface area contributed by atoms with Crippen LogP contribution in [0.4, 0.5) is 11.4 Å². The number of rotatable bonds is 5. The number of amides is 1. The second kappa shape index (κ2) is 7.38. The molecule has 0 aliphatic carbocycles. The van der Waals surface area contributed by atoms with Crippen molar-refractivity contribution in [1.82, 2.24) is 9.55 Å². The second-order valence-electron chi connectivity index (χ2n) is 6.07. The molecule has 0 saturated heterocycles. The molecule has 27 heavy (non-hydrogen) atoms. The third-order valence-corrected chi connectivity index (χ3v) is 5.20. The van der Waals surface area contributed by atoms with E-state index in [9.17, 15) is 13.2 Å². The molecule has 1 amide bonds. The summed E-state index contributed by atoms with van der Waals surface area (Å²) in [6.45, 7) is -0.120. The first-order valence-corrected chi connectivity index (χ1v) is 10.6. The third-order valence-electron chi connectivity index (χ3n) is 3.79. The molecule has 0 aliphatic rings. The summed E-state index contributed by atoms with van der Waals surface area (Å²) < 4.78 is 25.0. The number of carbonyl (C=O) groups excluding carboxylic acids is 1. The summed E-state index contributed by atoms with van der Waals surface area (Å²) >= 11 is 12.0. The van der Waals surface area contributed by atoms with Crippen LogP contribution < -0.4 is 11.1 Å². The van der Waals surface area contributed by atoms with E-state index in [-0.39, 0.29) is 33.9 Å². The molecule has 7 nitrogen and oxygen atoms in total. The molecule has 3 aromatic rings. The zero-order valence-corrected chi connectivity index (χ0v) is 16.6. The van der Waals surface area contributed by atoms with E-state index >= 15 is 0 Å². The van der Waals surface area contributed by atoms with Crippen molar-refractivity contribution in [3.8, 4) is 0 Å². The Kier molecular flexibility index (Phi) is 5.32. The smallest absolute Gasteiger partial charge is 0.244 e. The Labute approximate surface area is 166 Å². The number of nitrogens with two attached hydrogens (primary N) is 1. The van der Waals surface area contributed by atoms with Gasteiger partial charge in [0.2, 0.25) is 5.91 Å². The van der Waals surface area contributed by atoms with Gasteiger partial charge < -0.3 is 15.6 Å². The van der Waals surface area contributed by atoms with Gasteiger partial charge in [-0.3, -0.25) is 4.79 Å². The number of sulfone groups is 1. The number of fused-ring (bicyclic) bond motifs is 1. The lowest BCUT2D eigenvalue weighted by molar-refractivity contribution is -0.116. The van der Waals surface area contributed by atoms with E-state index in [2.05, 4.69) is 10.3 Å². The maximum absolute atomic E-state index is 12.5. The Morgan fingerprint density at radius 2 is 1.85 bits per heavy atom. The molecular formula is C17H16Cl2N4O3S. The van der Waals surface area contributed by atoms with Crippen LogP contribution in [0.25, 0.3) is 11.0 Å². The molecule has 142 valence electrons. The molecule has 0 aliphatic heterocycles. The molecule has 3 rings (SSSR count). The quantitative estimate of drug-likeness (QED) is 0.609. The second-order valence-corrected chi connectivity index (χ2v) is 9.03. The molecule has 1 heterocycles. The number of carbonyl (C=O) groups is 1. The van der Waals surface area contributed by atoms with Gasteiger partial charge in [-0.25, -0.2) is 13.4 Å². The van der Waals surface area contributed by atoms with Gasteiger partial charge in [-0.05, 0) is 24.3 Å². The van der Waals surface area contributed by atoms with E-state index in [1.807, 2.05) is 0 Å². The SMILES string of the molecule is CS(=O)(=O)Cc1nc2ccccc2n1CC(=O)Nc1cc(Cl)c(N)c(Cl)c1. The maximum Gasteiger partial charge on any atom is 0.244 e. The Bertz CT molecular complexity index is 1120. The zero-order chi connectivity index (χ0) is 19.8. The molecule has 10 heteroatoms. The number of anilines is 2. The fourth-order valence-electron chi connectivity index (χ4n) is 2.65. The lowest BCUT2D eigenvalue weighted by Gasteiger charge is -2.11. The first-order valence-electron chi connectivity index (χ1n) is 7.80. The highest BCUT2D eigenvalue weighted by atomic mass is 35.5. The van der Waals surface area contributed by atoms with Gasteiger partial charge in [-0.15, -0.1) is 0 Å². The number of para-hydroxylation sites is 2. The topological polar surface area (TPSA) is 107 Å². The summed E-state index contributed by atoms with van der Waals surface area (Å²) in [6.07, 6.45) is 1.12. The van der Waals surface area contributed by atoms with Crippen LogP contribution in [-0.2, 0) is 26.9 Å². The predicted molar refractivity (Wildman–Crippen MR) is 108 cm³/mol. The summed E-state index contributed by atoms with van der Waals surface area (Å²) in [4.78, 5) is 16.9. The molecule has 0 unspecified atom stereocenters. The van der Waals surface area contributed by atoms with Crippen LogP contribution in [0.3, 0.4) is 0 Å². The van der Waals surface area contributed by atoms with Crippen molar-refractivity contribution in [2.24, 2.45) is 0 Å². The van der Waals surface area contributed by atoms with Gasteiger partial charge in [-0.2, -0.15) is 0 Å². The van der Waals surface area contributed by atoms with Crippen LogP contribution >= 0.6 is 23.2 Å². The lowest BCUT2D eigenvalue weighted by Crippen LogP contribution is -2.21. The van der Waals surface area contributed by atoms with Crippen LogP contribution in [0.1, 0.15) is 5.82 Å². The fourth-order valence-corrected chi connectivity index (χ4v) is 3.82. The number of nitrogens with zero attached hydrogens (tertiary/aromatic N) is 2. The van der Waals surface area contributed by atoms with Crippen LogP contribution in [0.2, 0.25) is 10.0 Å². The predicted octanol–water partition coefficient (Wildman–Crippen LogP) is 3.11. The number of nitrogen functional groups attached to an aromatic ring is 1. The number of hydrogen-bond acceptors (Lipinski definition) is 5. The Morgan fingerprint density at radius 1 is 1.22 bits per heavy atom.